The predicted molar refractivity (Wildman–Crippen MR) is 207 cm³/mol. The lowest BCUT2D eigenvalue weighted by molar-refractivity contribution is 0.462. The quantitative estimate of drug-likeness (QED) is 0.122. The number of hydrogen-bond acceptors (Lipinski definition) is 4. The molecule has 0 aromatic heterocycles. The minimum absolute atomic E-state index is 0.0637. The van der Waals surface area contributed by atoms with Crippen LogP contribution < -0.4 is 0 Å². The van der Waals surface area contributed by atoms with E-state index in [1.54, 1.807) is 12.4 Å². The lowest BCUT2D eigenvalue weighted by atomic mass is 9.87. The first-order valence-corrected chi connectivity index (χ1v) is 17.5. The van der Waals surface area contributed by atoms with Crippen LogP contribution in [0.5, 0.6) is 11.5 Å². The summed E-state index contributed by atoms with van der Waals surface area (Å²) < 4.78 is 0. The van der Waals surface area contributed by atoms with Crippen molar-refractivity contribution in [3.63, 3.8) is 0 Å². The number of para-hydroxylation sites is 2. The molecule has 6 aromatic carbocycles. The molecule has 0 unspecified atom stereocenters. The van der Waals surface area contributed by atoms with Crippen LogP contribution in [0, 0.1) is 0 Å². The van der Waals surface area contributed by atoms with Gasteiger partial charge in [-0.05, 0) is 47.2 Å². The summed E-state index contributed by atoms with van der Waals surface area (Å²) in [7, 11) is 0. The summed E-state index contributed by atoms with van der Waals surface area (Å²) in [5.41, 5.74) is 7.41. The van der Waals surface area contributed by atoms with Crippen molar-refractivity contribution >= 4 is 12.4 Å². The zero-order chi connectivity index (χ0) is 34.7. The Kier molecular flexibility index (Phi) is 11.3. The van der Waals surface area contributed by atoms with Gasteiger partial charge < -0.3 is 10.2 Å². The summed E-state index contributed by atoms with van der Waals surface area (Å²) in [4.78, 5) is 10.3. The predicted octanol–water partition coefficient (Wildman–Crippen LogP) is 11.2. The zero-order valence-electron chi connectivity index (χ0n) is 28.7. The van der Waals surface area contributed by atoms with E-state index in [4.69, 9.17) is 9.98 Å². The lowest BCUT2D eigenvalue weighted by Gasteiger charge is -2.23. The van der Waals surface area contributed by atoms with Gasteiger partial charge in [0.25, 0.3) is 0 Å². The number of nitrogens with zero attached hydrogens (tertiary/aromatic N) is 2. The van der Waals surface area contributed by atoms with Crippen LogP contribution in [0.3, 0.4) is 0 Å². The van der Waals surface area contributed by atoms with Crippen LogP contribution in [0.15, 0.2) is 168 Å². The number of hydrogen-bond donors (Lipinski definition) is 2. The van der Waals surface area contributed by atoms with Crippen molar-refractivity contribution in [3.8, 4) is 11.5 Å². The topological polar surface area (TPSA) is 65.2 Å². The second-order valence-corrected chi connectivity index (χ2v) is 12.6. The molecule has 0 amide bonds. The third-order valence-electron chi connectivity index (χ3n) is 9.50. The van der Waals surface area contributed by atoms with Crippen molar-refractivity contribution in [3.05, 3.63) is 202 Å². The average Bonchev–Trinajstić information content (AvgIpc) is 3.17. The van der Waals surface area contributed by atoms with Crippen LogP contribution in [0.4, 0.5) is 0 Å². The monoisotopic (exact) mass is 656 g/mol. The SMILES string of the molecule is CC[C@@H](c1ccccc1)c1cccc(C=N[C@H](c2ccccc2)[C@H](N=Cc2cccc([C@@H](CC)c3ccccc3)c2O)c2ccccc2)c1O. The number of aromatic hydroxyl groups is 2. The molecule has 50 heavy (non-hydrogen) atoms. The molecule has 4 atom stereocenters. The van der Waals surface area contributed by atoms with Gasteiger partial charge in [0, 0.05) is 46.5 Å². The molecule has 0 spiro atoms. The fourth-order valence-electron chi connectivity index (χ4n) is 6.89. The number of phenolic OH excluding ortho intramolecular Hbond substituents is 2. The van der Waals surface area contributed by atoms with Gasteiger partial charge in [0.1, 0.15) is 23.6 Å². The second kappa shape index (κ2) is 16.6. The Labute approximate surface area is 296 Å². The van der Waals surface area contributed by atoms with Gasteiger partial charge in [0.05, 0.1) is 0 Å². The van der Waals surface area contributed by atoms with E-state index in [1.807, 2.05) is 109 Å². The van der Waals surface area contributed by atoms with Gasteiger partial charge in [-0.25, -0.2) is 0 Å². The molecular weight excluding hydrogens is 613 g/mol. The first kappa shape index (κ1) is 34.1. The lowest BCUT2D eigenvalue weighted by Crippen LogP contribution is -2.09. The molecule has 2 N–H and O–H groups in total. The number of phenols is 2. The van der Waals surface area contributed by atoms with Gasteiger partial charge in [-0.15, -0.1) is 0 Å². The summed E-state index contributed by atoms with van der Waals surface area (Å²) in [6.45, 7) is 4.28. The molecule has 4 nitrogen and oxygen atoms in total. The second-order valence-electron chi connectivity index (χ2n) is 12.6. The van der Waals surface area contributed by atoms with Gasteiger partial charge >= 0.3 is 0 Å². The maximum atomic E-state index is 11.6. The van der Waals surface area contributed by atoms with Crippen molar-refractivity contribution in [2.75, 3.05) is 0 Å². The van der Waals surface area contributed by atoms with E-state index >= 15 is 0 Å². The highest BCUT2D eigenvalue weighted by atomic mass is 16.3. The molecule has 0 fully saturated rings. The molecule has 0 aliphatic heterocycles. The maximum Gasteiger partial charge on any atom is 0.128 e. The molecule has 0 aliphatic carbocycles. The fourth-order valence-corrected chi connectivity index (χ4v) is 6.89. The van der Waals surface area contributed by atoms with Crippen LogP contribution in [0.1, 0.15) is 95.1 Å². The smallest absolute Gasteiger partial charge is 0.128 e. The van der Waals surface area contributed by atoms with E-state index in [-0.39, 0.29) is 23.3 Å². The normalized spacial score (nSPS) is 14.0. The summed E-state index contributed by atoms with van der Waals surface area (Å²) >= 11 is 0. The number of aliphatic imine (C=N–C) groups is 2. The Morgan fingerprint density at radius 3 is 1.06 bits per heavy atom. The Bertz CT molecular complexity index is 1860. The van der Waals surface area contributed by atoms with Gasteiger partial charge in [0.15, 0.2) is 0 Å². The van der Waals surface area contributed by atoms with Crippen molar-refractivity contribution < 1.29 is 10.2 Å². The third-order valence-corrected chi connectivity index (χ3v) is 9.50. The minimum Gasteiger partial charge on any atom is -0.507 e. The fraction of sp³-hybridized carbons (Fsp3) is 0.174. The zero-order valence-corrected chi connectivity index (χ0v) is 28.7. The molecule has 6 rings (SSSR count). The first-order valence-electron chi connectivity index (χ1n) is 17.5. The number of benzene rings is 6. The minimum atomic E-state index is -0.410. The Morgan fingerprint density at radius 2 is 0.740 bits per heavy atom. The van der Waals surface area contributed by atoms with Gasteiger partial charge in [-0.2, -0.15) is 0 Å². The Morgan fingerprint density at radius 1 is 0.420 bits per heavy atom. The van der Waals surface area contributed by atoms with Crippen LogP contribution in [-0.4, -0.2) is 22.6 Å². The van der Waals surface area contributed by atoms with Gasteiger partial charge in [0.2, 0.25) is 0 Å². The molecule has 6 aromatic rings. The molecule has 0 saturated heterocycles. The third kappa shape index (κ3) is 7.76. The van der Waals surface area contributed by atoms with Crippen molar-refractivity contribution in [1.29, 1.82) is 0 Å². The van der Waals surface area contributed by atoms with E-state index in [2.05, 4.69) is 62.4 Å². The van der Waals surface area contributed by atoms with Crippen molar-refractivity contribution in [2.24, 2.45) is 9.98 Å². The molecule has 0 radical (unpaired) electrons. The van der Waals surface area contributed by atoms with Crippen LogP contribution >= 0.6 is 0 Å². The van der Waals surface area contributed by atoms with Gasteiger partial charge in [-0.3, -0.25) is 9.98 Å². The van der Waals surface area contributed by atoms with Crippen LogP contribution in [0.25, 0.3) is 0 Å². The summed E-state index contributed by atoms with van der Waals surface area (Å²) in [5, 5.41) is 23.2. The summed E-state index contributed by atoms with van der Waals surface area (Å²) in [6.07, 6.45) is 5.27. The van der Waals surface area contributed by atoms with Crippen LogP contribution in [0.2, 0.25) is 0 Å². The molecule has 4 heteroatoms. The molecule has 250 valence electrons. The average molecular weight is 657 g/mol. The molecule has 0 heterocycles. The van der Waals surface area contributed by atoms with E-state index < -0.39 is 12.1 Å². The molecule has 0 saturated carbocycles. The van der Waals surface area contributed by atoms with Crippen molar-refractivity contribution in [1.82, 2.24) is 0 Å². The van der Waals surface area contributed by atoms with Crippen LogP contribution in [-0.2, 0) is 0 Å². The van der Waals surface area contributed by atoms with Gasteiger partial charge in [-0.1, -0.05) is 159 Å². The highest BCUT2D eigenvalue weighted by molar-refractivity contribution is 5.85. The highest BCUT2D eigenvalue weighted by Gasteiger charge is 2.25. The first-order chi connectivity index (χ1) is 24.6. The molecule has 0 aliphatic rings. The molecule has 0 bridgehead atoms. The van der Waals surface area contributed by atoms with E-state index in [1.165, 1.54) is 11.1 Å². The Hall–Kier alpha value is -5.74. The maximum absolute atomic E-state index is 11.6. The van der Waals surface area contributed by atoms with E-state index in [0.29, 0.717) is 11.1 Å². The Balaban J connectivity index is 1.40. The number of rotatable bonds is 13. The highest BCUT2D eigenvalue weighted by Crippen LogP contribution is 2.39. The standard InChI is InChI=1S/C46H44N2O2/c1-3-39(33-19-9-5-10-20-33)41-29-17-27-37(45(41)49)31-47-43(35-23-13-7-14-24-35)44(36-25-15-8-16-26-36)48-32-38-28-18-30-42(46(38)50)40(4-2)34-21-11-6-12-22-34/h5-32,39-40,43-44,49-50H,3-4H2,1-2H3/t39-,40-,43+,44+/m0/s1. The van der Waals surface area contributed by atoms with E-state index in [9.17, 15) is 10.2 Å². The largest absolute Gasteiger partial charge is 0.507 e. The van der Waals surface area contributed by atoms with Crippen molar-refractivity contribution in [2.45, 2.75) is 50.6 Å². The molecular formula is C46H44N2O2. The summed E-state index contributed by atoms with van der Waals surface area (Å²) in [6, 6.07) is 51.9. The summed E-state index contributed by atoms with van der Waals surface area (Å²) in [5.74, 6) is 0.607. The van der Waals surface area contributed by atoms with E-state index in [0.717, 1.165) is 35.1 Å².